The molecule has 0 saturated heterocycles. The highest BCUT2D eigenvalue weighted by atomic mass is 31.2. The summed E-state index contributed by atoms with van der Waals surface area (Å²) >= 11 is 0. The van der Waals surface area contributed by atoms with Gasteiger partial charge in [0, 0.05) is 17.7 Å². The van der Waals surface area contributed by atoms with Gasteiger partial charge in [0.15, 0.2) is 7.14 Å². The van der Waals surface area contributed by atoms with E-state index < -0.39 is 7.14 Å². The molecule has 110 valence electrons. The molecule has 1 atom stereocenters. The maximum Gasteiger partial charge on any atom is 0.163 e. The highest BCUT2D eigenvalue weighted by molar-refractivity contribution is 7.78. The predicted molar refractivity (Wildman–Crippen MR) is 84.7 cm³/mol. The average Bonchev–Trinajstić information content (AvgIpc) is 2.55. The molecule has 0 saturated carbocycles. The predicted octanol–water partition coefficient (Wildman–Crippen LogP) is 2.58. The molecule has 0 aromatic heterocycles. The van der Waals surface area contributed by atoms with Crippen molar-refractivity contribution in [3.63, 3.8) is 0 Å². The first-order valence-electron chi connectivity index (χ1n) is 6.44. The summed E-state index contributed by atoms with van der Waals surface area (Å²) in [6.45, 7) is 0. The van der Waals surface area contributed by atoms with Crippen molar-refractivity contribution in [2.24, 2.45) is 5.29 Å². The van der Waals surface area contributed by atoms with Crippen LogP contribution in [0.1, 0.15) is 0 Å². The first kappa shape index (κ1) is 15.3. The zero-order valence-corrected chi connectivity index (χ0v) is 12.9. The standard InChI is InChI=1S/C15H17N2O3P/c1-17(16-18)12-21(19,14-8-4-3-5-9-14)15-10-6-7-13(11-15)20-2/h3-11H,12H2,1-2H3. The molecule has 21 heavy (non-hydrogen) atoms. The summed E-state index contributed by atoms with van der Waals surface area (Å²) in [6.07, 6.45) is 0.0493. The van der Waals surface area contributed by atoms with Crippen LogP contribution in [0.2, 0.25) is 0 Å². The molecule has 0 aliphatic carbocycles. The molecule has 0 radical (unpaired) electrons. The smallest absolute Gasteiger partial charge is 0.163 e. The summed E-state index contributed by atoms with van der Waals surface area (Å²) in [4.78, 5) is 10.7. The minimum Gasteiger partial charge on any atom is -0.497 e. The fourth-order valence-electron chi connectivity index (χ4n) is 2.13. The van der Waals surface area contributed by atoms with Crippen molar-refractivity contribution in [2.45, 2.75) is 0 Å². The van der Waals surface area contributed by atoms with Gasteiger partial charge in [-0.15, -0.1) is 4.91 Å². The molecule has 1 unspecified atom stereocenters. The molecule has 6 heteroatoms. The highest BCUT2D eigenvalue weighted by Crippen LogP contribution is 2.44. The normalized spacial score (nSPS) is 13.2. The fraction of sp³-hybridized carbons (Fsp3) is 0.200. The Morgan fingerprint density at radius 2 is 1.76 bits per heavy atom. The van der Waals surface area contributed by atoms with Gasteiger partial charge in [0.1, 0.15) is 5.75 Å². The summed E-state index contributed by atoms with van der Waals surface area (Å²) in [7, 11) is 0.0931. The Morgan fingerprint density at radius 3 is 2.38 bits per heavy atom. The van der Waals surface area contributed by atoms with Gasteiger partial charge in [0.05, 0.1) is 18.7 Å². The van der Waals surface area contributed by atoms with E-state index in [0.29, 0.717) is 16.4 Å². The lowest BCUT2D eigenvalue weighted by atomic mass is 10.3. The van der Waals surface area contributed by atoms with Crippen LogP contribution in [-0.2, 0) is 4.57 Å². The molecule has 2 rings (SSSR count). The van der Waals surface area contributed by atoms with Crippen molar-refractivity contribution >= 4 is 17.8 Å². The summed E-state index contributed by atoms with van der Waals surface area (Å²) in [5.41, 5.74) is 0. The number of hydrogen-bond acceptors (Lipinski definition) is 4. The summed E-state index contributed by atoms with van der Waals surface area (Å²) < 4.78 is 18.8. The number of nitrogens with zero attached hydrogens (tertiary/aromatic N) is 2. The summed E-state index contributed by atoms with van der Waals surface area (Å²) in [5.74, 6) is 0.630. The SMILES string of the molecule is COc1cccc(P(=O)(CN(C)N=O)c2ccccc2)c1. The van der Waals surface area contributed by atoms with Gasteiger partial charge in [-0.2, -0.15) is 0 Å². The Bertz CT molecular complexity index is 661. The summed E-state index contributed by atoms with van der Waals surface area (Å²) in [6, 6.07) is 16.2. The molecule has 2 aromatic carbocycles. The average molecular weight is 304 g/mol. The monoisotopic (exact) mass is 304 g/mol. The number of benzene rings is 2. The molecular formula is C15H17N2O3P. The Balaban J connectivity index is 2.55. The van der Waals surface area contributed by atoms with Crippen LogP contribution in [-0.4, -0.2) is 25.5 Å². The lowest BCUT2D eigenvalue weighted by molar-refractivity contribution is 0.402. The number of hydrogen-bond donors (Lipinski definition) is 0. The van der Waals surface area contributed by atoms with Crippen LogP contribution in [0.15, 0.2) is 59.9 Å². The number of methoxy groups -OCH3 is 1. The van der Waals surface area contributed by atoms with E-state index in [1.807, 2.05) is 18.2 Å². The van der Waals surface area contributed by atoms with Gasteiger partial charge in [0.25, 0.3) is 0 Å². The van der Waals surface area contributed by atoms with E-state index in [9.17, 15) is 9.47 Å². The van der Waals surface area contributed by atoms with Gasteiger partial charge < -0.3 is 9.30 Å². The van der Waals surface area contributed by atoms with Crippen LogP contribution in [0.25, 0.3) is 0 Å². The van der Waals surface area contributed by atoms with Crippen molar-refractivity contribution in [1.29, 1.82) is 0 Å². The van der Waals surface area contributed by atoms with Crippen LogP contribution < -0.4 is 15.3 Å². The second-order valence-electron chi connectivity index (χ2n) is 4.66. The minimum atomic E-state index is -2.98. The van der Waals surface area contributed by atoms with Gasteiger partial charge in [-0.3, -0.25) is 5.01 Å². The fourth-order valence-corrected chi connectivity index (χ4v) is 4.70. The lowest BCUT2D eigenvalue weighted by Gasteiger charge is -2.22. The van der Waals surface area contributed by atoms with Crippen molar-refractivity contribution in [3.05, 3.63) is 59.5 Å². The van der Waals surface area contributed by atoms with Gasteiger partial charge in [-0.25, -0.2) is 0 Å². The van der Waals surface area contributed by atoms with Crippen LogP contribution in [0.3, 0.4) is 0 Å². The van der Waals surface area contributed by atoms with Crippen LogP contribution in [0.5, 0.6) is 5.75 Å². The topological polar surface area (TPSA) is 59.0 Å². The quantitative estimate of drug-likeness (QED) is 0.467. The third-order valence-corrected chi connectivity index (χ3v) is 6.24. The zero-order valence-electron chi connectivity index (χ0n) is 12.0. The molecule has 0 amide bonds. The van der Waals surface area contributed by atoms with E-state index >= 15 is 0 Å². The van der Waals surface area contributed by atoms with Crippen molar-refractivity contribution < 1.29 is 9.30 Å². The van der Waals surface area contributed by atoms with Gasteiger partial charge >= 0.3 is 0 Å². The van der Waals surface area contributed by atoms with E-state index in [1.165, 1.54) is 7.05 Å². The van der Waals surface area contributed by atoms with Crippen LogP contribution >= 0.6 is 7.14 Å². The Morgan fingerprint density at radius 1 is 1.10 bits per heavy atom. The maximum absolute atomic E-state index is 13.6. The third kappa shape index (κ3) is 3.31. The van der Waals surface area contributed by atoms with E-state index in [1.54, 1.807) is 43.5 Å². The maximum atomic E-state index is 13.6. The summed E-state index contributed by atoms with van der Waals surface area (Å²) in [5, 5.41) is 5.34. The van der Waals surface area contributed by atoms with E-state index in [4.69, 9.17) is 4.74 Å². The lowest BCUT2D eigenvalue weighted by Crippen LogP contribution is -2.25. The van der Waals surface area contributed by atoms with Crippen LogP contribution in [0.4, 0.5) is 0 Å². The molecule has 0 bridgehead atoms. The third-order valence-electron chi connectivity index (χ3n) is 3.19. The van der Waals surface area contributed by atoms with E-state index in [-0.39, 0.29) is 6.29 Å². The molecule has 0 fully saturated rings. The highest BCUT2D eigenvalue weighted by Gasteiger charge is 2.29. The molecule has 0 aliphatic rings. The van der Waals surface area contributed by atoms with Crippen molar-refractivity contribution in [2.75, 3.05) is 20.4 Å². The van der Waals surface area contributed by atoms with Crippen molar-refractivity contribution in [3.8, 4) is 5.75 Å². The first-order valence-corrected chi connectivity index (χ1v) is 8.33. The molecule has 0 spiro atoms. The zero-order chi connectivity index (χ0) is 15.3. The Kier molecular flexibility index (Phi) is 4.76. The molecule has 2 aromatic rings. The molecule has 0 aliphatic heterocycles. The molecular weight excluding hydrogens is 287 g/mol. The second-order valence-corrected chi connectivity index (χ2v) is 7.45. The van der Waals surface area contributed by atoms with Gasteiger partial charge in [-0.1, -0.05) is 42.5 Å². The number of ether oxygens (including phenoxy) is 1. The molecule has 5 nitrogen and oxygen atoms in total. The van der Waals surface area contributed by atoms with Gasteiger partial charge in [-0.05, 0) is 12.1 Å². The van der Waals surface area contributed by atoms with E-state index in [0.717, 1.165) is 5.01 Å². The van der Waals surface area contributed by atoms with E-state index in [2.05, 4.69) is 5.29 Å². The molecule has 0 heterocycles. The largest absolute Gasteiger partial charge is 0.497 e. The number of nitroso groups, excluding NO2 is 1. The van der Waals surface area contributed by atoms with Crippen molar-refractivity contribution in [1.82, 2.24) is 5.01 Å². The Hall–Kier alpha value is -2.13. The first-order chi connectivity index (χ1) is 10.1. The minimum absolute atomic E-state index is 0.0493. The van der Waals surface area contributed by atoms with Gasteiger partial charge in [0.2, 0.25) is 0 Å². The molecule has 0 N–H and O–H groups in total. The van der Waals surface area contributed by atoms with Crippen LogP contribution in [0, 0.1) is 4.91 Å². The number of rotatable bonds is 6. The Labute approximate surface area is 123 Å². The second kappa shape index (κ2) is 6.55.